The molecule has 20 nitrogen and oxygen atoms in total. The second-order valence-electron chi connectivity index (χ2n) is 20.7. The molecular weight excluding hydrogens is 1000 g/mol. The van der Waals surface area contributed by atoms with E-state index in [0.29, 0.717) is 41.8 Å². The number of carbonyl (C=O) groups is 9. The molecule has 1 aromatic heterocycles. The third-order valence-corrected chi connectivity index (χ3v) is 13.2. The van der Waals surface area contributed by atoms with Gasteiger partial charge in [-0.25, -0.2) is 13.6 Å². The highest BCUT2D eigenvalue weighted by Gasteiger charge is 2.41. The molecule has 1 aliphatic heterocycles. The number of nitrogens with zero attached hydrogens (tertiary/aromatic N) is 4. The number of aliphatic hydroxyl groups excluding tert-OH is 1. The Bertz CT molecular complexity index is 2600. The topological polar surface area (TPSA) is 297 Å². The first-order chi connectivity index (χ1) is 36.3. The Morgan fingerprint density at radius 2 is 1.40 bits per heavy atom. The van der Waals surface area contributed by atoms with Crippen LogP contribution in [0.1, 0.15) is 117 Å². The maximum absolute atomic E-state index is 15.3. The van der Waals surface area contributed by atoms with Crippen molar-refractivity contribution in [1.29, 1.82) is 0 Å². The van der Waals surface area contributed by atoms with Crippen molar-refractivity contribution in [1.82, 2.24) is 35.2 Å². The Morgan fingerprint density at radius 3 is 1.97 bits per heavy atom. The van der Waals surface area contributed by atoms with Crippen molar-refractivity contribution in [3.05, 3.63) is 95.8 Å². The van der Waals surface area contributed by atoms with E-state index in [1.54, 1.807) is 30.7 Å². The zero-order valence-corrected chi connectivity index (χ0v) is 44.9. The van der Waals surface area contributed by atoms with E-state index in [9.17, 15) is 57.8 Å². The summed E-state index contributed by atoms with van der Waals surface area (Å²) in [5.41, 5.74) is 12.9. The molecule has 0 spiro atoms. The molecule has 0 aliphatic carbocycles. The van der Waals surface area contributed by atoms with E-state index in [4.69, 9.17) is 11.5 Å². The van der Waals surface area contributed by atoms with Crippen molar-refractivity contribution < 1.29 is 62.1 Å². The number of benzene rings is 2. The lowest BCUT2D eigenvalue weighted by atomic mass is 9.82. The van der Waals surface area contributed by atoms with Crippen molar-refractivity contribution in [3.63, 3.8) is 0 Å². The molecule has 9 N–H and O–H groups in total. The number of nitrogens with two attached hydrogens (primary N) is 2. The number of nitrogens with one attached hydrogen (secondary N) is 3. The molecule has 0 fully saturated rings. The van der Waals surface area contributed by atoms with Crippen LogP contribution < -0.4 is 27.4 Å². The zero-order valence-electron chi connectivity index (χ0n) is 44.9. The molecule has 0 saturated carbocycles. The molecule has 8 amide bonds. The molecule has 3 aromatic rings. The van der Waals surface area contributed by atoms with Crippen LogP contribution in [0.5, 0.6) is 0 Å². The lowest BCUT2D eigenvalue weighted by Gasteiger charge is -2.41. The molecule has 0 radical (unpaired) electrons. The summed E-state index contributed by atoms with van der Waals surface area (Å²) in [4.78, 5) is 122. The summed E-state index contributed by atoms with van der Waals surface area (Å²) in [6.45, 7) is 10.8. The number of amides is 8. The van der Waals surface area contributed by atoms with Gasteiger partial charge in [0.05, 0.1) is 12.1 Å². The molecule has 6 atom stereocenters. The minimum absolute atomic E-state index is 0.00741. The van der Waals surface area contributed by atoms with Crippen molar-refractivity contribution >= 4 is 53.2 Å². The predicted molar refractivity (Wildman–Crippen MR) is 281 cm³/mol. The van der Waals surface area contributed by atoms with Crippen molar-refractivity contribution in [2.45, 2.75) is 143 Å². The number of imide groups is 2. The maximum Gasteiger partial charge on any atom is 0.326 e. The smallest absolute Gasteiger partial charge is 0.326 e. The summed E-state index contributed by atoms with van der Waals surface area (Å²) in [5.74, 6) is -9.41. The molecule has 22 heteroatoms. The average molecular weight is 1080 g/mol. The number of hydrogen-bond acceptors (Lipinski definition) is 12. The van der Waals surface area contributed by atoms with Crippen molar-refractivity contribution in [2.24, 2.45) is 22.8 Å². The Morgan fingerprint density at radius 1 is 0.779 bits per heavy atom. The van der Waals surface area contributed by atoms with Gasteiger partial charge in [0.25, 0.3) is 23.6 Å². The van der Waals surface area contributed by atoms with Gasteiger partial charge in [-0.05, 0) is 100 Å². The summed E-state index contributed by atoms with van der Waals surface area (Å²) in [6.07, 6.45) is 5.42. The Balaban J connectivity index is 1.52. The molecule has 420 valence electrons. The van der Waals surface area contributed by atoms with Gasteiger partial charge in [0.1, 0.15) is 42.4 Å². The van der Waals surface area contributed by atoms with E-state index in [0.717, 1.165) is 28.7 Å². The van der Waals surface area contributed by atoms with E-state index in [-0.39, 0.29) is 57.4 Å². The molecular formula is C55H75F2N9O11. The molecule has 2 aromatic carbocycles. The third-order valence-electron chi connectivity index (χ3n) is 13.2. The molecule has 77 heavy (non-hydrogen) atoms. The van der Waals surface area contributed by atoms with E-state index in [1.807, 2.05) is 51.1 Å². The van der Waals surface area contributed by atoms with Gasteiger partial charge in [0.2, 0.25) is 23.6 Å². The first kappa shape index (κ1) is 62.4. The van der Waals surface area contributed by atoms with Crippen LogP contribution in [0.15, 0.2) is 72.9 Å². The summed E-state index contributed by atoms with van der Waals surface area (Å²) in [7, 11) is 0. The Hall–Kier alpha value is -7.17. The molecule has 4 rings (SSSR count). The van der Waals surface area contributed by atoms with Crippen LogP contribution in [0, 0.1) is 23.0 Å². The first-order valence-electron chi connectivity index (χ1n) is 25.9. The fourth-order valence-corrected chi connectivity index (χ4v) is 9.10. The number of halogens is 2. The number of aromatic nitrogens is 1. The monoisotopic (exact) mass is 1080 g/mol. The summed E-state index contributed by atoms with van der Waals surface area (Å²) in [6, 6.07) is 5.68. The van der Waals surface area contributed by atoms with Gasteiger partial charge in [0, 0.05) is 61.2 Å². The second-order valence-corrected chi connectivity index (χ2v) is 20.7. The van der Waals surface area contributed by atoms with Gasteiger partial charge in [-0.15, -0.1) is 0 Å². The maximum atomic E-state index is 15.3. The predicted octanol–water partition coefficient (Wildman–Crippen LogP) is 3.68. The minimum atomic E-state index is -1.77. The highest BCUT2D eigenvalue weighted by Crippen LogP contribution is 2.41. The fraction of sp³-hybridized carbons (Fsp3) is 0.509. The van der Waals surface area contributed by atoms with Crippen LogP contribution in [0.3, 0.4) is 0 Å². The number of rotatable bonds is 29. The number of carboxylic acids is 1. The van der Waals surface area contributed by atoms with E-state index < -0.39 is 119 Å². The van der Waals surface area contributed by atoms with Gasteiger partial charge in [-0.2, -0.15) is 0 Å². The molecule has 1 aliphatic rings. The lowest BCUT2D eigenvalue weighted by Crippen LogP contribution is -2.61. The molecule has 0 bridgehead atoms. The Labute approximate surface area is 447 Å². The summed E-state index contributed by atoms with van der Waals surface area (Å²) < 4.78 is 31.6. The van der Waals surface area contributed by atoms with Crippen LogP contribution in [0.25, 0.3) is 11.1 Å². The van der Waals surface area contributed by atoms with E-state index in [1.165, 1.54) is 30.9 Å². The standard InChI is InChI=1S/C55H75F2N9O11/c1-33(2)48(62-44(68)19-12-9-15-26-64-45(69)22-23-46(64)70)51(73)61-35(4)53(75)66(42(54(76)77)18-13-14-25-58)52(74)34(3)60-50(72)41(59)24-27-65(47(71)32-67)49(55(5,6)7)43-28-37(39-29-38(56)20-21-40(39)57)31-63(43)30-36-16-10-8-11-17-36/h8,10-11,16-17,20-23,28-29,31,33-35,41-42,48-49,67H,9,12-15,18-19,24-27,30,32,58-59H2,1-7H3,(H,60,72)(H,61,73)(H,62,68)(H,76,77)/t34-,35+,41+,42+,48+,49+/m1/s1. The summed E-state index contributed by atoms with van der Waals surface area (Å²) in [5, 5.41) is 28.3. The molecule has 0 saturated heterocycles. The summed E-state index contributed by atoms with van der Waals surface area (Å²) >= 11 is 0. The molecule has 2 heterocycles. The van der Waals surface area contributed by atoms with Crippen LogP contribution in [0.2, 0.25) is 0 Å². The van der Waals surface area contributed by atoms with Crippen LogP contribution >= 0.6 is 0 Å². The number of aliphatic hydroxyl groups is 1. The lowest BCUT2D eigenvalue weighted by molar-refractivity contribution is -0.160. The normalized spacial score (nSPS) is 14.8. The number of carbonyl (C=O) groups excluding carboxylic acids is 8. The van der Waals surface area contributed by atoms with Gasteiger partial charge >= 0.3 is 5.97 Å². The van der Waals surface area contributed by atoms with Gasteiger partial charge in [-0.3, -0.25) is 48.2 Å². The van der Waals surface area contributed by atoms with Gasteiger partial charge in [0.15, 0.2) is 0 Å². The van der Waals surface area contributed by atoms with Crippen LogP contribution in [-0.2, 0) is 49.7 Å². The van der Waals surface area contributed by atoms with Gasteiger partial charge < -0.3 is 47.1 Å². The van der Waals surface area contributed by atoms with Crippen LogP contribution in [0.4, 0.5) is 8.78 Å². The third kappa shape index (κ3) is 17.4. The highest BCUT2D eigenvalue weighted by molar-refractivity contribution is 6.12. The second kappa shape index (κ2) is 28.8. The van der Waals surface area contributed by atoms with Crippen LogP contribution in [-0.4, -0.2) is 139 Å². The zero-order chi connectivity index (χ0) is 57.3. The van der Waals surface area contributed by atoms with Crippen molar-refractivity contribution in [3.8, 4) is 11.1 Å². The number of unbranched alkanes of at least 4 members (excludes halogenated alkanes) is 3. The number of carboxylic acid groups (broad SMARTS) is 1. The molecule has 0 unspecified atom stereocenters. The van der Waals surface area contributed by atoms with E-state index >= 15 is 4.39 Å². The Kier molecular flexibility index (Phi) is 23.3. The van der Waals surface area contributed by atoms with E-state index in [2.05, 4.69) is 16.0 Å². The largest absolute Gasteiger partial charge is 0.480 e. The first-order valence-corrected chi connectivity index (χ1v) is 25.9. The SMILES string of the molecule is CC(C)[C@H](NC(=O)CCCCCN1C(=O)C=CC1=O)C(=O)N[C@@H](C)C(=O)N(C(=O)[C@@H](C)NC(=O)[C@@H](N)CCN(C(=O)CO)[C@@H](c1cc(-c2cc(F)ccc2F)cn1Cc1ccccc1)C(C)(C)C)[C@@H](CCCCN)C(=O)O. The average Bonchev–Trinajstić information content (AvgIpc) is 3.93. The number of hydrogen-bond donors (Lipinski definition) is 7. The minimum Gasteiger partial charge on any atom is -0.480 e. The van der Waals surface area contributed by atoms with Gasteiger partial charge in [-0.1, -0.05) is 71.4 Å². The highest BCUT2D eigenvalue weighted by atomic mass is 19.1. The number of aliphatic carboxylic acids is 1. The van der Waals surface area contributed by atoms with Crippen molar-refractivity contribution in [2.75, 3.05) is 26.2 Å². The fourth-order valence-electron chi connectivity index (χ4n) is 9.10. The quantitative estimate of drug-likeness (QED) is 0.0386.